The maximum atomic E-state index is 11.0. The van der Waals surface area contributed by atoms with Gasteiger partial charge in [-0.25, -0.2) is 9.78 Å². The molecule has 0 spiro atoms. The number of thiazole rings is 1. The van der Waals surface area contributed by atoms with Crippen molar-refractivity contribution in [1.82, 2.24) is 4.98 Å². The maximum Gasteiger partial charge on any atom is 0.347 e. The number of rotatable bonds is 3. The van der Waals surface area contributed by atoms with Crippen LogP contribution in [0.15, 0.2) is 0 Å². The van der Waals surface area contributed by atoms with Gasteiger partial charge in [-0.1, -0.05) is 18.3 Å². The molecule has 1 aromatic heterocycles. The molecule has 0 aromatic carbocycles. The highest BCUT2D eigenvalue weighted by molar-refractivity contribution is 7.17. The molecule has 0 bridgehead atoms. The van der Waals surface area contributed by atoms with Gasteiger partial charge in [-0.15, -0.1) is 0 Å². The number of hydrogen-bond acceptors (Lipinski definition) is 4. The van der Waals surface area contributed by atoms with Gasteiger partial charge in [0.2, 0.25) is 0 Å². The minimum absolute atomic E-state index is 0.369. The lowest BCUT2D eigenvalue weighted by atomic mass is 10.2. The third-order valence-electron chi connectivity index (χ3n) is 3.46. The second-order valence-corrected chi connectivity index (χ2v) is 5.59. The summed E-state index contributed by atoms with van der Waals surface area (Å²) in [6.07, 6.45) is 3.43. The largest absolute Gasteiger partial charge is 0.477 e. The quantitative estimate of drug-likeness (QED) is 0.901. The highest BCUT2D eigenvalue weighted by atomic mass is 32.1. The van der Waals surface area contributed by atoms with Crippen molar-refractivity contribution in [2.75, 3.05) is 4.90 Å². The summed E-state index contributed by atoms with van der Waals surface area (Å²) in [6, 6.07) is 0.976. The van der Waals surface area contributed by atoms with E-state index in [9.17, 15) is 4.79 Å². The zero-order valence-corrected chi connectivity index (χ0v) is 11.3. The molecule has 2 unspecified atom stereocenters. The molecule has 2 atom stereocenters. The van der Waals surface area contributed by atoms with E-state index in [2.05, 4.69) is 23.7 Å². The van der Waals surface area contributed by atoms with E-state index < -0.39 is 5.97 Å². The molecule has 1 fully saturated rings. The molecule has 0 aliphatic carbocycles. The summed E-state index contributed by atoms with van der Waals surface area (Å²) in [7, 11) is 0. The fourth-order valence-electron chi connectivity index (χ4n) is 2.51. The monoisotopic (exact) mass is 254 g/mol. The van der Waals surface area contributed by atoms with E-state index >= 15 is 0 Å². The smallest absolute Gasteiger partial charge is 0.347 e. The standard InChI is InChI=1S/C12H18N2O2S/c1-4-9-6-5-7(2)14(9)12-13-8(3)10(17-12)11(15)16/h7,9H,4-6H2,1-3H3,(H,15,16). The zero-order chi connectivity index (χ0) is 12.6. The van der Waals surface area contributed by atoms with E-state index in [4.69, 9.17) is 5.11 Å². The van der Waals surface area contributed by atoms with E-state index in [1.54, 1.807) is 6.92 Å². The zero-order valence-electron chi connectivity index (χ0n) is 10.4. The molecule has 0 radical (unpaired) electrons. The van der Waals surface area contributed by atoms with Crippen LogP contribution in [0, 0.1) is 6.92 Å². The fraction of sp³-hybridized carbons (Fsp3) is 0.667. The van der Waals surface area contributed by atoms with Gasteiger partial charge in [-0.05, 0) is 33.1 Å². The van der Waals surface area contributed by atoms with Gasteiger partial charge >= 0.3 is 5.97 Å². The Morgan fingerprint density at radius 1 is 1.59 bits per heavy atom. The van der Waals surface area contributed by atoms with Crippen LogP contribution in [0.5, 0.6) is 0 Å². The van der Waals surface area contributed by atoms with E-state index in [0.29, 0.717) is 22.7 Å². The van der Waals surface area contributed by atoms with Crippen molar-refractivity contribution in [2.45, 2.75) is 52.1 Å². The van der Waals surface area contributed by atoms with E-state index in [-0.39, 0.29) is 0 Å². The van der Waals surface area contributed by atoms with Gasteiger partial charge in [0, 0.05) is 12.1 Å². The first-order chi connectivity index (χ1) is 8.04. The van der Waals surface area contributed by atoms with Crippen LogP contribution >= 0.6 is 11.3 Å². The number of aryl methyl sites for hydroxylation is 1. The second kappa shape index (κ2) is 4.64. The van der Waals surface area contributed by atoms with Gasteiger partial charge in [-0.2, -0.15) is 0 Å². The van der Waals surface area contributed by atoms with Gasteiger partial charge in [0.15, 0.2) is 5.13 Å². The van der Waals surface area contributed by atoms with Crippen molar-refractivity contribution >= 4 is 22.4 Å². The Kier molecular flexibility index (Phi) is 3.38. The number of aromatic carboxylic acids is 1. The predicted molar refractivity (Wildman–Crippen MR) is 69.1 cm³/mol. The first-order valence-electron chi connectivity index (χ1n) is 6.03. The Morgan fingerprint density at radius 3 is 2.82 bits per heavy atom. The van der Waals surface area contributed by atoms with Crippen LogP contribution in [0.2, 0.25) is 0 Å². The molecule has 1 N–H and O–H groups in total. The topological polar surface area (TPSA) is 53.4 Å². The van der Waals surface area contributed by atoms with Crippen LogP contribution < -0.4 is 4.90 Å². The van der Waals surface area contributed by atoms with Crippen molar-refractivity contribution in [3.8, 4) is 0 Å². The number of hydrogen-bond donors (Lipinski definition) is 1. The summed E-state index contributed by atoms with van der Waals surface area (Å²) < 4.78 is 0. The Bertz CT molecular complexity index is 430. The first kappa shape index (κ1) is 12.4. The van der Waals surface area contributed by atoms with Crippen LogP contribution in [0.3, 0.4) is 0 Å². The van der Waals surface area contributed by atoms with Crippen LogP contribution in [0.25, 0.3) is 0 Å². The Labute approximate surface area is 105 Å². The molecule has 0 saturated carbocycles. The van der Waals surface area contributed by atoms with Gasteiger partial charge < -0.3 is 10.0 Å². The van der Waals surface area contributed by atoms with Crippen LogP contribution in [-0.2, 0) is 0 Å². The summed E-state index contributed by atoms with van der Waals surface area (Å²) in [5, 5.41) is 9.93. The number of aromatic nitrogens is 1. The molecule has 4 nitrogen and oxygen atoms in total. The van der Waals surface area contributed by atoms with Crippen molar-refractivity contribution < 1.29 is 9.90 Å². The molecule has 1 aliphatic heterocycles. The van der Waals surface area contributed by atoms with E-state index in [1.165, 1.54) is 24.2 Å². The van der Waals surface area contributed by atoms with Crippen LogP contribution in [0.1, 0.15) is 48.5 Å². The Balaban J connectivity index is 2.33. The SMILES string of the molecule is CCC1CCC(C)N1c1nc(C)c(C(=O)O)s1. The molecule has 2 rings (SSSR count). The molecule has 1 saturated heterocycles. The third kappa shape index (κ3) is 2.16. The van der Waals surface area contributed by atoms with Gasteiger partial charge in [-0.3, -0.25) is 0 Å². The normalized spacial score (nSPS) is 24.3. The van der Waals surface area contributed by atoms with Gasteiger partial charge in [0.1, 0.15) is 4.88 Å². The molecular weight excluding hydrogens is 236 g/mol. The summed E-state index contributed by atoms with van der Waals surface area (Å²) >= 11 is 1.30. The van der Waals surface area contributed by atoms with Gasteiger partial charge in [0.05, 0.1) is 5.69 Å². The van der Waals surface area contributed by atoms with Crippen molar-refractivity contribution in [2.24, 2.45) is 0 Å². The minimum Gasteiger partial charge on any atom is -0.477 e. The van der Waals surface area contributed by atoms with E-state index in [0.717, 1.165) is 11.6 Å². The van der Waals surface area contributed by atoms with Gasteiger partial charge in [0.25, 0.3) is 0 Å². The molecule has 5 heteroatoms. The number of carboxylic acid groups (broad SMARTS) is 1. The average Bonchev–Trinajstić information content (AvgIpc) is 2.81. The molecule has 1 aromatic rings. The molecule has 94 valence electrons. The maximum absolute atomic E-state index is 11.0. The lowest BCUT2D eigenvalue weighted by Gasteiger charge is -2.27. The number of nitrogens with zero attached hydrogens (tertiary/aromatic N) is 2. The molecule has 17 heavy (non-hydrogen) atoms. The number of anilines is 1. The Morgan fingerprint density at radius 2 is 2.29 bits per heavy atom. The third-order valence-corrected chi connectivity index (χ3v) is 4.62. The highest BCUT2D eigenvalue weighted by Gasteiger charge is 2.32. The second-order valence-electron chi connectivity index (χ2n) is 4.61. The number of carboxylic acids is 1. The van der Waals surface area contributed by atoms with Crippen LogP contribution in [-0.4, -0.2) is 28.1 Å². The molecular formula is C12H18N2O2S. The fourth-order valence-corrected chi connectivity index (χ4v) is 3.59. The number of carbonyl (C=O) groups is 1. The summed E-state index contributed by atoms with van der Waals surface area (Å²) in [5.74, 6) is -0.869. The minimum atomic E-state index is -0.869. The van der Waals surface area contributed by atoms with Crippen LogP contribution in [0.4, 0.5) is 5.13 Å². The van der Waals surface area contributed by atoms with Crippen molar-refractivity contribution in [1.29, 1.82) is 0 Å². The lowest BCUT2D eigenvalue weighted by Crippen LogP contribution is -2.33. The summed E-state index contributed by atoms with van der Waals surface area (Å²) in [5.41, 5.74) is 0.631. The average molecular weight is 254 g/mol. The molecule has 2 heterocycles. The Hall–Kier alpha value is -1.10. The first-order valence-corrected chi connectivity index (χ1v) is 6.85. The molecule has 1 aliphatic rings. The summed E-state index contributed by atoms with van der Waals surface area (Å²) in [6.45, 7) is 6.13. The highest BCUT2D eigenvalue weighted by Crippen LogP contribution is 2.35. The summed E-state index contributed by atoms with van der Waals surface area (Å²) in [4.78, 5) is 18.1. The molecule has 0 amide bonds. The van der Waals surface area contributed by atoms with E-state index in [1.807, 2.05) is 0 Å². The lowest BCUT2D eigenvalue weighted by molar-refractivity contribution is 0.0701. The van der Waals surface area contributed by atoms with Crippen molar-refractivity contribution in [3.05, 3.63) is 10.6 Å². The predicted octanol–water partition coefficient (Wildman–Crippen LogP) is 2.92. The van der Waals surface area contributed by atoms with Crippen molar-refractivity contribution in [3.63, 3.8) is 0 Å².